The molecule has 0 aliphatic carbocycles. The molecule has 0 spiro atoms. The summed E-state index contributed by atoms with van der Waals surface area (Å²) in [5.41, 5.74) is 4.00. The first-order chi connectivity index (χ1) is 17.4. The zero-order valence-electron chi connectivity index (χ0n) is 21.1. The molecule has 2 amide bonds. The minimum absolute atomic E-state index is 0.0785. The first-order valence-electron chi connectivity index (χ1n) is 12.4. The zero-order chi connectivity index (χ0) is 25.7. The number of aliphatic hydroxyl groups is 1. The van der Waals surface area contributed by atoms with Crippen LogP contribution in [-0.4, -0.2) is 65.6 Å². The lowest BCUT2D eigenvalue weighted by molar-refractivity contribution is -0.0209. The van der Waals surface area contributed by atoms with E-state index in [1.165, 1.54) is 0 Å². The van der Waals surface area contributed by atoms with Crippen LogP contribution in [0, 0.1) is 5.92 Å². The van der Waals surface area contributed by atoms with E-state index in [0.29, 0.717) is 30.8 Å². The Morgan fingerprint density at radius 2 is 1.61 bits per heavy atom. The maximum atomic E-state index is 13.9. The SMILES string of the molecule is C[C@H]1CN([C@@H](C)CO)C(=O)c2ccccc2-c2ccccc2CO[C@H]1CN(C)C(=O)c1ccccc1. The Kier molecular flexibility index (Phi) is 8.18. The first kappa shape index (κ1) is 25.6. The predicted octanol–water partition coefficient (Wildman–Crippen LogP) is 4.48. The number of fused-ring (bicyclic) bond motifs is 3. The van der Waals surface area contributed by atoms with Crippen LogP contribution in [0.25, 0.3) is 11.1 Å². The van der Waals surface area contributed by atoms with Gasteiger partial charge < -0.3 is 19.6 Å². The topological polar surface area (TPSA) is 70.1 Å². The summed E-state index contributed by atoms with van der Waals surface area (Å²) < 4.78 is 6.49. The summed E-state index contributed by atoms with van der Waals surface area (Å²) in [4.78, 5) is 30.3. The number of hydrogen-bond donors (Lipinski definition) is 1. The number of ether oxygens (including phenoxy) is 1. The highest BCUT2D eigenvalue weighted by molar-refractivity contribution is 6.01. The van der Waals surface area contributed by atoms with E-state index >= 15 is 0 Å². The van der Waals surface area contributed by atoms with Crippen LogP contribution in [0.1, 0.15) is 40.1 Å². The van der Waals surface area contributed by atoms with E-state index in [4.69, 9.17) is 4.74 Å². The van der Waals surface area contributed by atoms with Gasteiger partial charge in [0.2, 0.25) is 0 Å². The van der Waals surface area contributed by atoms with Crippen LogP contribution >= 0.6 is 0 Å². The van der Waals surface area contributed by atoms with Crippen molar-refractivity contribution in [3.63, 3.8) is 0 Å². The van der Waals surface area contributed by atoms with Gasteiger partial charge in [-0.25, -0.2) is 0 Å². The molecule has 0 unspecified atom stereocenters. The van der Waals surface area contributed by atoms with Gasteiger partial charge in [-0.2, -0.15) is 0 Å². The fourth-order valence-corrected chi connectivity index (χ4v) is 4.71. The van der Waals surface area contributed by atoms with Crippen molar-refractivity contribution in [1.82, 2.24) is 9.80 Å². The van der Waals surface area contributed by atoms with Gasteiger partial charge in [0.05, 0.1) is 25.4 Å². The van der Waals surface area contributed by atoms with Crippen molar-refractivity contribution in [3.8, 4) is 11.1 Å². The van der Waals surface area contributed by atoms with E-state index in [0.717, 1.165) is 16.7 Å². The summed E-state index contributed by atoms with van der Waals surface area (Å²) in [7, 11) is 1.78. The monoisotopic (exact) mass is 486 g/mol. The Morgan fingerprint density at radius 1 is 1.00 bits per heavy atom. The van der Waals surface area contributed by atoms with Gasteiger partial charge in [0, 0.05) is 37.2 Å². The molecule has 3 aromatic rings. The number of likely N-dealkylation sites (N-methyl/N-ethyl adjacent to an activating group) is 1. The number of carbonyl (C=O) groups is 2. The van der Waals surface area contributed by atoms with E-state index in [1.54, 1.807) is 29.0 Å². The van der Waals surface area contributed by atoms with Crippen LogP contribution in [0.3, 0.4) is 0 Å². The molecule has 3 atom stereocenters. The van der Waals surface area contributed by atoms with Gasteiger partial charge in [0.15, 0.2) is 0 Å². The average Bonchev–Trinajstić information content (AvgIpc) is 2.94. The first-order valence-corrected chi connectivity index (χ1v) is 12.4. The van der Waals surface area contributed by atoms with Crippen LogP contribution in [0.4, 0.5) is 0 Å². The molecule has 188 valence electrons. The largest absolute Gasteiger partial charge is 0.394 e. The quantitative estimate of drug-likeness (QED) is 0.577. The van der Waals surface area contributed by atoms with Crippen molar-refractivity contribution in [2.75, 3.05) is 26.7 Å². The molecule has 0 bridgehead atoms. The van der Waals surface area contributed by atoms with E-state index in [2.05, 4.69) is 0 Å². The Bertz CT molecular complexity index is 1200. The Morgan fingerprint density at radius 3 is 2.31 bits per heavy atom. The van der Waals surface area contributed by atoms with Crippen molar-refractivity contribution in [1.29, 1.82) is 0 Å². The normalized spacial score (nSPS) is 19.0. The van der Waals surface area contributed by atoms with Crippen molar-refractivity contribution in [3.05, 3.63) is 95.6 Å². The second kappa shape index (κ2) is 11.5. The Labute approximate surface area is 213 Å². The molecular weight excluding hydrogens is 452 g/mol. The summed E-state index contributed by atoms with van der Waals surface area (Å²) in [5.74, 6) is -0.292. The Hall–Kier alpha value is -3.48. The summed E-state index contributed by atoms with van der Waals surface area (Å²) in [6.07, 6.45) is -0.321. The summed E-state index contributed by atoms with van der Waals surface area (Å²) >= 11 is 0. The second-order valence-corrected chi connectivity index (χ2v) is 9.57. The lowest BCUT2D eigenvalue weighted by Crippen LogP contribution is -2.47. The molecule has 6 heteroatoms. The summed E-state index contributed by atoms with van der Waals surface area (Å²) in [6, 6.07) is 24.4. The van der Waals surface area contributed by atoms with Crippen LogP contribution in [0.5, 0.6) is 0 Å². The molecule has 0 fully saturated rings. The molecule has 36 heavy (non-hydrogen) atoms. The lowest BCUT2D eigenvalue weighted by Gasteiger charge is -2.35. The minimum atomic E-state index is -0.367. The number of hydrogen-bond acceptors (Lipinski definition) is 4. The standard InChI is InChI=1S/C30H34N2O4/c1-21-17-32(22(2)19-33)30(35)27-16-10-9-15-26(27)25-14-8-7-13-24(25)20-36-28(21)18-31(3)29(34)23-11-5-4-6-12-23/h4-16,21-22,28,33H,17-20H2,1-3H3/t21-,22-,28-/m0/s1. The maximum Gasteiger partial charge on any atom is 0.254 e. The van der Waals surface area contributed by atoms with E-state index in [9.17, 15) is 14.7 Å². The molecule has 1 aliphatic heterocycles. The highest BCUT2D eigenvalue weighted by atomic mass is 16.5. The van der Waals surface area contributed by atoms with Gasteiger partial charge in [-0.3, -0.25) is 9.59 Å². The van der Waals surface area contributed by atoms with Crippen molar-refractivity contribution in [2.24, 2.45) is 5.92 Å². The van der Waals surface area contributed by atoms with Gasteiger partial charge in [-0.15, -0.1) is 0 Å². The van der Waals surface area contributed by atoms with Gasteiger partial charge in [0.25, 0.3) is 11.8 Å². The molecule has 1 heterocycles. The zero-order valence-corrected chi connectivity index (χ0v) is 21.1. The lowest BCUT2D eigenvalue weighted by atomic mass is 9.94. The molecule has 4 rings (SSSR count). The highest BCUT2D eigenvalue weighted by Crippen LogP contribution is 2.31. The third-order valence-corrected chi connectivity index (χ3v) is 6.92. The van der Waals surface area contributed by atoms with Crippen molar-refractivity contribution >= 4 is 11.8 Å². The summed E-state index contributed by atoms with van der Waals surface area (Å²) in [6.45, 7) is 4.86. The smallest absolute Gasteiger partial charge is 0.254 e. The van der Waals surface area contributed by atoms with Crippen molar-refractivity contribution in [2.45, 2.75) is 32.6 Å². The number of aliphatic hydroxyl groups excluding tert-OH is 1. The Balaban J connectivity index is 1.71. The third-order valence-electron chi connectivity index (χ3n) is 6.92. The second-order valence-electron chi connectivity index (χ2n) is 9.57. The van der Waals surface area contributed by atoms with Crippen LogP contribution < -0.4 is 0 Å². The molecule has 1 aliphatic rings. The van der Waals surface area contributed by atoms with Crippen molar-refractivity contribution < 1.29 is 19.4 Å². The minimum Gasteiger partial charge on any atom is -0.394 e. The molecule has 3 aromatic carbocycles. The fraction of sp³-hybridized carbons (Fsp3) is 0.333. The number of amides is 2. The van der Waals surface area contributed by atoms with E-state index in [1.807, 2.05) is 80.6 Å². The maximum absolute atomic E-state index is 13.9. The number of carbonyl (C=O) groups excluding carboxylic acids is 2. The number of benzene rings is 3. The molecule has 0 saturated heterocycles. The van der Waals surface area contributed by atoms with Gasteiger partial charge in [0.1, 0.15) is 0 Å². The van der Waals surface area contributed by atoms with Gasteiger partial charge in [-0.1, -0.05) is 67.6 Å². The molecule has 0 aromatic heterocycles. The van der Waals surface area contributed by atoms with Crippen LogP contribution in [0.15, 0.2) is 78.9 Å². The van der Waals surface area contributed by atoms with Gasteiger partial charge >= 0.3 is 0 Å². The molecular formula is C30H34N2O4. The van der Waals surface area contributed by atoms with Gasteiger partial charge in [-0.05, 0) is 41.8 Å². The molecule has 0 saturated carbocycles. The highest BCUT2D eigenvalue weighted by Gasteiger charge is 2.31. The number of nitrogens with zero attached hydrogens (tertiary/aromatic N) is 2. The van der Waals surface area contributed by atoms with E-state index in [-0.39, 0.29) is 36.5 Å². The third kappa shape index (κ3) is 5.50. The summed E-state index contributed by atoms with van der Waals surface area (Å²) in [5, 5.41) is 9.97. The van der Waals surface area contributed by atoms with Crippen LogP contribution in [-0.2, 0) is 11.3 Å². The predicted molar refractivity (Wildman–Crippen MR) is 141 cm³/mol. The van der Waals surface area contributed by atoms with E-state index < -0.39 is 0 Å². The molecule has 0 radical (unpaired) electrons. The average molecular weight is 487 g/mol. The molecule has 6 nitrogen and oxygen atoms in total. The number of rotatable bonds is 5. The fourth-order valence-electron chi connectivity index (χ4n) is 4.71. The molecule has 1 N–H and O–H groups in total. The van der Waals surface area contributed by atoms with Crippen LogP contribution in [0.2, 0.25) is 0 Å².